The van der Waals surface area contributed by atoms with Crippen LogP contribution in [0.4, 0.5) is 0 Å². The highest BCUT2D eigenvalue weighted by atomic mass is 16.5. The molecule has 0 radical (unpaired) electrons. The Labute approximate surface area is 92.5 Å². The van der Waals surface area contributed by atoms with Gasteiger partial charge in [-0.2, -0.15) is 0 Å². The van der Waals surface area contributed by atoms with Gasteiger partial charge in [0.2, 0.25) is 0 Å². The molecule has 1 rings (SSSR count). The molecule has 0 aromatic heterocycles. The molecule has 4 nitrogen and oxygen atoms in total. The lowest BCUT2D eigenvalue weighted by Crippen LogP contribution is -2.34. The second-order valence-corrected chi connectivity index (χ2v) is 4.07. The zero-order valence-corrected chi connectivity index (χ0v) is 9.71. The topological polar surface area (TPSA) is 56.5 Å². The molecule has 15 heavy (non-hydrogen) atoms. The molecule has 0 aromatic rings. The van der Waals surface area contributed by atoms with Crippen molar-refractivity contribution in [2.24, 2.45) is 5.73 Å². The van der Waals surface area contributed by atoms with E-state index in [9.17, 15) is 0 Å². The van der Waals surface area contributed by atoms with Crippen molar-refractivity contribution >= 4 is 0 Å². The van der Waals surface area contributed by atoms with Crippen molar-refractivity contribution in [2.75, 3.05) is 33.4 Å². The fourth-order valence-electron chi connectivity index (χ4n) is 1.83. The van der Waals surface area contributed by atoms with Gasteiger partial charge >= 0.3 is 0 Å². The van der Waals surface area contributed by atoms with Crippen molar-refractivity contribution in [1.29, 1.82) is 0 Å². The molecule has 90 valence electrons. The molecule has 0 saturated carbocycles. The lowest BCUT2D eigenvalue weighted by molar-refractivity contribution is 0.0162. The maximum absolute atomic E-state index is 5.62. The summed E-state index contributed by atoms with van der Waals surface area (Å²) >= 11 is 0. The Bertz CT molecular complexity index is 146. The molecule has 3 N–H and O–H groups in total. The quantitative estimate of drug-likeness (QED) is 0.609. The standard InChI is InChI=1S/C11H24N2O2/c1-14-10(8-12)5-6-13-9-11-4-2-3-7-15-11/h10-11,13H,2-9,12H2,1H3. The normalized spacial score (nSPS) is 24.0. The summed E-state index contributed by atoms with van der Waals surface area (Å²) in [6, 6.07) is 0. The summed E-state index contributed by atoms with van der Waals surface area (Å²) in [4.78, 5) is 0. The highest BCUT2D eigenvalue weighted by molar-refractivity contribution is 4.67. The smallest absolute Gasteiger partial charge is 0.0705 e. The molecule has 1 fully saturated rings. The molecule has 0 spiro atoms. The molecule has 1 heterocycles. The van der Waals surface area contributed by atoms with E-state index in [0.29, 0.717) is 12.6 Å². The third-order valence-corrected chi connectivity index (χ3v) is 2.89. The first-order valence-corrected chi connectivity index (χ1v) is 5.92. The number of hydrogen-bond acceptors (Lipinski definition) is 4. The van der Waals surface area contributed by atoms with Gasteiger partial charge in [-0.25, -0.2) is 0 Å². The van der Waals surface area contributed by atoms with Crippen LogP contribution in [0.25, 0.3) is 0 Å². The van der Waals surface area contributed by atoms with E-state index in [1.54, 1.807) is 7.11 Å². The highest BCUT2D eigenvalue weighted by Crippen LogP contribution is 2.11. The Balaban J connectivity index is 1.95. The molecule has 0 aliphatic carbocycles. The number of nitrogens with two attached hydrogens (primary N) is 1. The number of rotatable bonds is 7. The van der Waals surface area contributed by atoms with Crippen molar-refractivity contribution in [3.63, 3.8) is 0 Å². The van der Waals surface area contributed by atoms with Gasteiger partial charge in [0.05, 0.1) is 12.2 Å². The number of ether oxygens (including phenoxy) is 2. The molecule has 0 amide bonds. The predicted molar refractivity (Wildman–Crippen MR) is 60.9 cm³/mol. The molecule has 0 bridgehead atoms. The van der Waals surface area contributed by atoms with E-state index in [1.165, 1.54) is 19.3 Å². The van der Waals surface area contributed by atoms with Crippen LogP contribution in [0.15, 0.2) is 0 Å². The second-order valence-electron chi connectivity index (χ2n) is 4.07. The summed E-state index contributed by atoms with van der Waals surface area (Å²) in [6.07, 6.45) is 5.28. The first-order chi connectivity index (χ1) is 7.36. The van der Waals surface area contributed by atoms with Crippen LogP contribution in [0, 0.1) is 0 Å². The van der Waals surface area contributed by atoms with E-state index < -0.39 is 0 Å². The summed E-state index contributed by atoms with van der Waals surface area (Å²) in [7, 11) is 1.71. The van der Waals surface area contributed by atoms with Gasteiger partial charge < -0.3 is 20.5 Å². The third kappa shape index (κ3) is 5.47. The number of nitrogens with one attached hydrogen (secondary N) is 1. The van der Waals surface area contributed by atoms with Crippen LogP contribution in [0.3, 0.4) is 0 Å². The van der Waals surface area contributed by atoms with Gasteiger partial charge in [-0.1, -0.05) is 0 Å². The zero-order valence-electron chi connectivity index (χ0n) is 9.71. The van der Waals surface area contributed by atoms with Crippen LogP contribution in [-0.4, -0.2) is 45.6 Å². The fraction of sp³-hybridized carbons (Fsp3) is 1.00. The fourth-order valence-corrected chi connectivity index (χ4v) is 1.83. The van der Waals surface area contributed by atoms with Crippen molar-refractivity contribution in [3.8, 4) is 0 Å². The SMILES string of the molecule is COC(CN)CCNCC1CCCCO1. The minimum Gasteiger partial charge on any atom is -0.380 e. The van der Waals surface area contributed by atoms with Gasteiger partial charge in [0.15, 0.2) is 0 Å². The zero-order chi connectivity index (χ0) is 10.9. The van der Waals surface area contributed by atoms with E-state index in [2.05, 4.69) is 5.32 Å². The summed E-state index contributed by atoms with van der Waals surface area (Å²) in [5.74, 6) is 0. The van der Waals surface area contributed by atoms with Gasteiger partial charge in [0, 0.05) is 26.8 Å². The van der Waals surface area contributed by atoms with Gasteiger partial charge in [0.25, 0.3) is 0 Å². The molecular weight excluding hydrogens is 192 g/mol. The first kappa shape index (κ1) is 12.9. The van der Waals surface area contributed by atoms with Gasteiger partial charge in [-0.15, -0.1) is 0 Å². The Kier molecular flexibility index (Phi) is 6.92. The molecule has 2 atom stereocenters. The predicted octanol–water partition coefficient (Wildman–Crippen LogP) is 0.509. The Hall–Kier alpha value is -0.160. The number of methoxy groups -OCH3 is 1. The summed E-state index contributed by atoms with van der Waals surface area (Å²) in [5.41, 5.74) is 5.53. The van der Waals surface area contributed by atoms with E-state index in [1.807, 2.05) is 0 Å². The van der Waals surface area contributed by atoms with Gasteiger partial charge in [-0.3, -0.25) is 0 Å². The molecule has 0 aromatic carbocycles. The molecule has 4 heteroatoms. The minimum absolute atomic E-state index is 0.185. The van der Waals surface area contributed by atoms with Gasteiger partial charge in [0.1, 0.15) is 0 Å². The van der Waals surface area contributed by atoms with Crippen LogP contribution in [0.1, 0.15) is 25.7 Å². The van der Waals surface area contributed by atoms with Crippen LogP contribution >= 0.6 is 0 Å². The van der Waals surface area contributed by atoms with E-state index >= 15 is 0 Å². The Morgan fingerprint density at radius 3 is 3.00 bits per heavy atom. The largest absolute Gasteiger partial charge is 0.380 e. The first-order valence-electron chi connectivity index (χ1n) is 5.92. The summed E-state index contributed by atoms with van der Waals surface area (Å²) in [6.45, 7) is 3.44. The summed E-state index contributed by atoms with van der Waals surface area (Å²) in [5, 5.41) is 3.39. The van der Waals surface area contributed by atoms with Crippen LogP contribution in [-0.2, 0) is 9.47 Å². The molecule has 2 unspecified atom stereocenters. The van der Waals surface area contributed by atoms with Crippen LogP contribution in [0.5, 0.6) is 0 Å². The lowest BCUT2D eigenvalue weighted by Gasteiger charge is -2.23. The lowest BCUT2D eigenvalue weighted by atomic mass is 10.1. The van der Waals surface area contributed by atoms with Gasteiger partial charge in [-0.05, 0) is 32.2 Å². The monoisotopic (exact) mass is 216 g/mol. The molecule has 1 saturated heterocycles. The van der Waals surface area contributed by atoms with Crippen LogP contribution in [0.2, 0.25) is 0 Å². The molecular formula is C11H24N2O2. The highest BCUT2D eigenvalue weighted by Gasteiger charge is 2.13. The average molecular weight is 216 g/mol. The van der Waals surface area contributed by atoms with Crippen molar-refractivity contribution in [1.82, 2.24) is 5.32 Å². The average Bonchev–Trinajstić information content (AvgIpc) is 2.31. The van der Waals surface area contributed by atoms with Crippen LogP contribution < -0.4 is 11.1 Å². The third-order valence-electron chi connectivity index (χ3n) is 2.89. The maximum atomic E-state index is 5.62. The Morgan fingerprint density at radius 1 is 1.53 bits per heavy atom. The van der Waals surface area contributed by atoms with Crippen molar-refractivity contribution < 1.29 is 9.47 Å². The minimum atomic E-state index is 0.185. The van der Waals surface area contributed by atoms with Crippen molar-refractivity contribution in [2.45, 2.75) is 37.9 Å². The van der Waals surface area contributed by atoms with E-state index in [-0.39, 0.29) is 6.10 Å². The van der Waals surface area contributed by atoms with E-state index in [4.69, 9.17) is 15.2 Å². The Morgan fingerprint density at radius 2 is 2.40 bits per heavy atom. The molecule has 1 aliphatic rings. The number of hydrogen-bond donors (Lipinski definition) is 2. The summed E-state index contributed by atoms with van der Waals surface area (Å²) < 4.78 is 10.8. The van der Waals surface area contributed by atoms with E-state index in [0.717, 1.165) is 26.1 Å². The second kappa shape index (κ2) is 8.05. The van der Waals surface area contributed by atoms with Crippen molar-refractivity contribution in [3.05, 3.63) is 0 Å². The maximum Gasteiger partial charge on any atom is 0.0705 e. The molecule has 1 aliphatic heterocycles.